The molecule has 1 aromatic rings. The van der Waals surface area contributed by atoms with Gasteiger partial charge in [-0.3, -0.25) is 0 Å². The van der Waals surface area contributed by atoms with Crippen LogP contribution in [-0.4, -0.2) is 32.2 Å². The van der Waals surface area contributed by atoms with Crippen LogP contribution in [0.5, 0.6) is 0 Å². The monoisotopic (exact) mass is 360 g/mol. The number of benzene rings is 1. The van der Waals surface area contributed by atoms with Gasteiger partial charge in [-0.2, -0.15) is 0 Å². The molecule has 98 valence electrons. The second kappa shape index (κ2) is 7.09. The maximum atomic E-state index is 11.8. The Bertz CT molecular complexity index is 385. The van der Waals surface area contributed by atoms with Crippen molar-refractivity contribution < 1.29 is 14.4 Å². The molecular formula is C14H19INO2+. The van der Waals surface area contributed by atoms with Crippen LogP contribution in [0, 0.1) is 3.57 Å². The lowest BCUT2D eigenvalue weighted by atomic mass is 10.1. The molecule has 18 heavy (non-hydrogen) atoms. The third-order valence-corrected chi connectivity index (χ3v) is 4.05. The molecular weight excluding hydrogens is 341 g/mol. The van der Waals surface area contributed by atoms with Gasteiger partial charge in [0, 0.05) is 3.57 Å². The molecule has 2 rings (SSSR count). The van der Waals surface area contributed by atoms with Gasteiger partial charge in [-0.05, 0) is 66.1 Å². The summed E-state index contributed by atoms with van der Waals surface area (Å²) in [7, 11) is 0. The molecule has 0 bridgehead atoms. The van der Waals surface area contributed by atoms with Crippen LogP contribution in [0.3, 0.4) is 0 Å². The average Bonchev–Trinajstić information content (AvgIpc) is 2.40. The van der Waals surface area contributed by atoms with Crippen molar-refractivity contribution in [3.05, 3.63) is 33.4 Å². The molecule has 1 fully saturated rings. The van der Waals surface area contributed by atoms with Crippen LogP contribution < -0.4 is 4.90 Å². The van der Waals surface area contributed by atoms with Crippen molar-refractivity contribution in [2.75, 3.05) is 26.2 Å². The van der Waals surface area contributed by atoms with Gasteiger partial charge in [0.05, 0.1) is 18.7 Å². The minimum absolute atomic E-state index is 0.206. The SMILES string of the molecule is O=C(OCC[NH+]1CCCCC1)c1ccc(I)cc1. The Morgan fingerprint density at radius 2 is 1.83 bits per heavy atom. The quantitative estimate of drug-likeness (QED) is 0.652. The number of nitrogens with one attached hydrogen (secondary N) is 1. The number of rotatable bonds is 4. The number of hydrogen-bond acceptors (Lipinski definition) is 2. The number of halogens is 1. The number of esters is 1. The highest BCUT2D eigenvalue weighted by Crippen LogP contribution is 2.07. The van der Waals surface area contributed by atoms with Gasteiger partial charge in [0.25, 0.3) is 0 Å². The Morgan fingerprint density at radius 3 is 2.50 bits per heavy atom. The zero-order chi connectivity index (χ0) is 12.8. The van der Waals surface area contributed by atoms with E-state index in [9.17, 15) is 4.79 Å². The molecule has 0 aromatic heterocycles. The van der Waals surface area contributed by atoms with Crippen molar-refractivity contribution in [1.29, 1.82) is 0 Å². The summed E-state index contributed by atoms with van der Waals surface area (Å²) in [5.41, 5.74) is 0.643. The molecule has 0 saturated carbocycles. The van der Waals surface area contributed by atoms with Crippen LogP contribution in [0.2, 0.25) is 0 Å². The lowest BCUT2D eigenvalue weighted by molar-refractivity contribution is -0.905. The number of piperidine rings is 1. The van der Waals surface area contributed by atoms with E-state index in [-0.39, 0.29) is 5.97 Å². The van der Waals surface area contributed by atoms with E-state index in [4.69, 9.17) is 4.74 Å². The topological polar surface area (TPSA) is 30.7 Å². The standard InChI is InChI=1S/C14H18INO2/c15-13-6-4-12(5-7-13)14(17)18-11-10-16-8-2-1-3-9-16/h4-7H,1-3,8-11H2/p+1. The van der Waals surface area contributed by atoms with Gasteiger partial charge < -0.3 is 9.64 Å². The number of carbonyl (C=O) groups is 1. The smallest absolute Gasteiger partial charge is 0.338 e. The summed E-state index contributed by atoms with van der Waals surface area (Å²) < 4.78 is 6.44. The summed E-state index contributed by atoms with van der Waals surface area (Å²) in [5.74, 6) is -0.206. The van der Waals surface area contributed by atoms with Crippen molar-refractivity contribution in [1.82, 2.24) is 0 Å². The third kappa shape index (κ3) is 4.24. The van der Waals surface area contributed by atoms with Crippen molar-refractivity contribution in [2.24, 2.45) is 0 Å². The Labute approximate surface area is 122 Å². The molecule has 3 nitrogen and oxygen atoms in total. The summed E-state index contributed by atoms with van der Waals surface area (Å²) in [6.45, 7) is 3.92. The van der Waals surface area contributed by atoms with Crippen LogP contribution in [0.4, 0.5) is 0 Å². The van der Waals surface area contributed by atoms with Gasteiger partial charge in [-0.1, -0.05) is 0 Å². The lowest BCUT2D eigenvalue weighted by Gasteiger charge is -2.23. The van der Waals surface area contributed by atoms with Crippen LogP contribution in [0.15, 0.2) is 24.3 Å². The molecule has 0 unspecified atom stereocenters. The van der Waals surface area contributed by atoms with E-state index in [0.29, 0.717) is 12.2 Å². The first-order chi connectivity index (χ1) is 8.75. The maximum absolute atomic E-state index is 11.8. The van der Waals surface area contributed by atoms with E-state index < -0.39 is 0 Å². The molecule has 1 aromatic carbocycles. The summed E-state index contributed by atoms with van der Waals surface area (Å²) in [4.78, 5) is 13.3. The Kier molecular flexibility index (Phi) is 5.44. The molecule has 1 heterocycles. The average molecular weight is 360 g/mol. The first-order valence-electron chi connectivity index (χ1n) is 6.52. The van der Waals surface area contributed by atoms with Gasteiger partial charge >= 0.3 is 5.97 Å². The second-order valence-corrected chi connectivity index (χ2v) is 5.95. The third-order valence-electron chi connectivity index (χ3n) is 3.33. The van der Waals surface area contributed by atoms with Gasteiger partial charge in [-0.25, -0.2) is 4.79 Å². The van der Waals surface area contributed by atoms with Gasteiger partial charge in [0.15, 0.2) is 0 Å². The van der Waals surface area contributed by atoms with E-state index in [1.165, 1.54) is 32.4 Å². The van der Waals surface area contributed by atoms with E-state index >= 15 is 0 Å². The summed E-state index contributed by atoms with van der Waals surface area (Å²) in [6, 6.07) is 7.48. The fraction of sp³-hybridized carbons (Fsp3) is 0.500. The van der Waals surface area contributed by atoms with Crippen molar-refractivity contribution in [3.8, 4) is 0 Å². The van der Waals surface area contributed by atoms with E-state index in [2.05, 4.69) is 22.6 Å². The molecule has 0 amide bonds. The molecule has 4 heteroatoms. The Hall–Kier alpha value is -0.620. The van der Waals surface area contributed by atoms with Crippen molar-refractivity contribution in [3.63, 3.8) is 0 Å². The highest BCUT2D eigenvalue weighted by molar-refractivity contribution is 14.1. The zero-order valence-corrected chi connectivity index (χ0v) is 12.6. The van der Waals surface area contributed by atoms with Crippen LogP contribution in [0.1, 0.15) is 29.6 Å². The number of carbonyl (C=O) groups excluding carboxylic acids is 1. The minimum Gasteiger partial charge on any atom is -0.456 e. The second-order valence-electron chi connectivity index (χ2n) is 4.70. The van der Waals surface area contributed by atoms with Crippen LogP contribution in [0.25, 0.3) is 0 Å². The normalized spacial score (nSPS) is 16.5. The highest BCUT2D eigenvalue weighted by atomic mass is 127. The first-order valence-corrected chi connectivity index (χ1v) is 7.60. The summed E-state index contributed by atoms with van der Waals surface area (Å²) in [5, 5.41) is 0. The molecule has 1 aliphatic rings. The van der Waals surface area contributed by atoms with Crippen molar-refractivity contribution >= 4 is 28.6 Å². The van der Waals surface area contributed by atoms with E-state index in [1.54, 1.807) is 4.90 Å². The summed E-state index contributed by atoms with van der Waals surface area (Å²) >= 11 is 2.22. The largest absolute Gasteiger partial charge is 0.456 e. The lowest BCUT2D eigenvalue weighted by Crippen LogP contribution is -3.13. The van der Waals surface area contributed by atoms with Gasteiger partial charge in [0.2, 0.25) is 0 Å². The molecule has 1 N–H and O–H groups in total. The predicted octanol–water partition coefficient (Wildman–Crippen LogP) is 1.52. The first kappa shape index (κ1) is 13.8. The molecule has 1 aliphatic heterocycles. The molecule has 1 saturated heterocycles. The van der Waals surface area contributed by atoms with Crippen molar-refractivity contribution in [2.45, 2.75) is 19.3 Å². The number of ether oxygens (including phenoxy) is 1. The van der Waals surface area contributed by atoms with Gasteiger partial charge in [0.1, 0.15) is 13.2 Å². The van der Waals surface area contributed by atoms with Crippen LogP contribution in [-0.2, 0) is 4.74 Å². The molecule has 0 atom stereocenters. The van der Waals surface area contributed by atoms with Gasteiger partial charge in [-0.15, -0.1) is 0 Å². The Morgan fingerprint density at radius 1 is 1.17 bits per heavy atom. The summed E-state index contributed by atoms with van der Waals surface area (Å²) in [6.07, 6.45) is 3.97. The van der Waals surface area contributed by atoms with Crippen LogP contribution >= 0.6 is 22.6 Å². The zero-order valence-electron chi connectivity index (χ0n) is 10.5. The fourth-order valence-electron chi connectivity index (χ4n) is 2.26. The highest BCUT2D eigenvalue weighted by Gasteiger charge is 2.14. The molecule has 0 spiro atoms. The number of hydrogen-bond donors (Lipinski definition) is 1. The number of likely N-dealkylation sites (tertiary alicyclic amines) is 1. The fourth-order valence-corrected chi connectivity index (χ4v) is 2.62. The number of quaternary nitrogens is 1. The minimum atomic E-state index is -0.206. The molecule has 0 radical (unpaired) electrons. The molecule has 0 aliphatic carbocycles. The van der Waals surface area contributed by atoms with E-state index in [0.717, 1.165) is 10.1 Å². The van der Waals surface area contributed by atoms with E-state index in [1.807, 2.05) is 24.3 Å². The maximum Gasteiger partial charge on any atom is 0.338 e. The predicted molar refractivity (Wildman–Crippen MR) is 78.9 cm³/mol. The Balaban J connectivity index is 1.72.